The standard InChI is InChI=1S/C19H42N.C3H6OS2/c1-5-6-7-8-9-10-11-12-13-14-15-16-17-18-19-20(2,3)4;1-2-4-3(5)6/h5-19H2,1-4H3;2H2,1H3,(H,5,6)/q+1;/p-1. The van der Waals surface area contributed by atoms with Crippen molar-refractivity contribution in [3.63, 3.8) is 0 Å². The number of hydrogen-bond acceptors (Lipinski definition) is 3. The lowest BCUT2D eigenvalue weighted by molar-refractivity contribution is -0.870. The topological polar surface area (TPSA) is 9.23 Å². The third kappa shape index (κ3) is 31.8. The Bertz CT molecular complexity index is 290. The second-order valence-electron chi connectivity index (χ2n) is 8.29. The van der Waals surface area contributed by atoms with Crippen molar-refractivity contribution >= 4 is 29.2 Å². The summed E-state index contributed by atoms with van der Waals surface area (Å²) in [7, 11) is 6.88. The summed E-state index contributed by atoms with van der Waals surface area (Å²) in [5.41, 5.74) is 0. The third-order valence-electron chi connectivity index (χ3n) is 4.44. The van der Waals surface area contributed by atoms with Gasteiger partial charge in [-0.05, 0) is 19.8 Å². The number of hydrogen-bond donors (Lipinski definition) is 0. The highest BCUT2D eigenvalue weighted by atomic mass is 32.1. The summed E-state index contributed by atoms with van der Waals surface area (Å²) in [6, 6.07) is 0. The van der Waals surface area contributed by atoms with Crippen molar-refractivity contribution in [3.05, 3.63) is 0 Å². The van der Waals surface area contributed by atoms with Gasteiger partial charge in [0.05, 0.1) is 34.3 Å². The van der Waals surface area contributed by atoms with E-state index >= 15 is 0 Å². The van der Waals surface area contributed by atoms with Gasteiger partial charge in [0.15, 0.2) is 0 Å². The largest absolute Gasteiger partial charge is 0.514 e. The molecule has 158 valence electrons. The van der Waals surface area contributed by atoms with E-state index in [1.807, 2.05) is 6.92 Å². The third-order valence-corrected chi connectivity index (χ3v) is 4.68. The molecule has 26 heavy (non-hydrogen) atoms. The maximum atomic E-state index is 4.59. The van der Waals surface area contributed by atoms with Crippen molar-refractivity contribution in [3.8, 4) is 0 Å². The molecule has 0 saturated heterocycles. The quantitative estimate of drug-likeness (QED) is 0.118. The van der Waals surface area contributed by atoms with Crippen LogP contribution in [0.5, 0.6) is 0 Å². The first-order valence-electron chi connectivity index (χ1n) is 11.0. The van der Waals surface area contributed by atoms with E-state index in [0.29, 0.717) is 6.61 Å². The highest BCUT2D eigenvalue weighted by Crippen LogP contribution is 2.13. The molecule has 0 aromatic carbocycles. The SMILES string of the molecule is CCCCCCCCCCCCCCCC[N+](C)(C)C.CCOC(=S)[S-]. The molecule has 2 nitrogen and oxygen atoms in total. The van der Waals surface area contributed by atoms with Gasteiger partial charge in [-0.3, -0.25) is 0 Å². The first-order chi connectivity index (χ1) is 12.3. The Labute approximate surface area is 176 Å². The molecule has 0 radical (unpaired) electrons. The number of rotatable bonds is 16. The average molecular weight is 406 g/mol. The van der Waals surface area contributed by atoms with Crippen molar-refractivity contribution in [2.24, 2.45) is 0 Å². The van der Waals surface area contributed by atoms with Crippen molar-refractivity contribution < 1.29 is 9.22 Å². The molecule has 0 rings (SSSR count). The molecule has 0 spiro atoms. The number of ether oxygens (including phenoxy) is 1. The average Bonchev–Trinajstić information content (AvgIpc) is 2.54. The Kier molecular flexibility index (Phi) is 23.2. The molecule has 0 unspecified atom stereocenters. The molecular weight excluding hydrogens is 358 g/mol. The lowest BCUT2D eigenvalue weighted by Crippen LogP contribution is -2.35. The van der Waals surface area contributed by atoms with Gasteiger partial charge in [-0.1, -0.05) is 84.0 Å². The van der Waals surface area contributed by atoms with E-state index in [4.69, 9.17) is 0 Å². The molecule has 0 aliphatic rings. The van der Waals surface area contributed by atoms with Crippen molar-refractivity contribution in [2.75, 3.05) is 34.3 Å². The van der Waals surface area contributed by atoms with Crippen LogP contribution in [-0.4, -0.2) is 43.2 Å². The van der Waals surface area contributed by atoms with Crippen LogP contribution in [-0.2, 0) is 17.4 Å². The van der Waals surface area contributed by atoms with Gasteiger partial charge in [0.25, 0.3) is 0 Å². The molecular formula is C22H47NOS2. The van der Waals surface area contributed by atoms with Gasteiger partial charge in [-0.15, -0.1) is 0 Å². The Balaban J connectivity index is 0. The Morgan fingerprint density at radius 1 is 0.692 bits per heavy atom. The molecule has 0 aromatic rings. The van der Waals surface area contributed by atoms with Crippen LogP contribution in [0.3, 0.4) is 0 Å². The van der Waals surface area contributed by atoms with E-state index in [-0.39, 0.29) is 4.38 Å². The van der Waals surface area contributed by atoms with Gasteiger partial charge in [0.1, 0.15) is 0 Å². The van der Waals surface area contributed by atoms with Gasteiger partial charge in [0, 0.05) is 4.38 Å². The second kappa shape index (κ2) is 21.4. The fourth-order valence-corrected chi connectivity index (χ4v) is 3.13. The Hall–Kier alpha value is 0.0700. The van der Waals surface area contributed by atoms with E-state index in [1.54, 1.807) is 0 Å². The van der Waals surface area contributed by atoms with E-state index in [0.717, 1.165) is 4.48 Å². The van der Waals surface area contributed by atoms with Gasteiger partial charge >= 0.3 is 0 Å². The summed E-state index contributed by atoms with van der Waals surface area (Å²) in [4.78, 5) is 0. The summed E-state index contributed by atoms with van der Waals surface area (Å²) in [6.07, 6.45) is 20.4. The highest BCUT2D eigenvalue weighted by molar-refractivity contribution is 7.99. The first kappa shape index (κ1) is 28.3. The van der Waals surface area contributed by atoms with Gasteiger partial charge in [-0.2, -0.15) is 0 Å². The van der Waals surface area contributed by atoms with Crippen LogP contribution in [0.2, 0.25) is 0 Å². The molecule has 0 heterocycles. The molecule has 0 N–H and O–H groups in total. The van der Waals surface area contributed by atoms with Crippen molar-refractivity contribution in [1.82, 2.24) is 0 Å². The summed E-state index contributed by atoms with van der Waals surface area (Å²) < 4.78 is 5.92. The molecule has 0 saturated carbocycles. The fourth-order valence-electron chi connectivity index (χ4n) is 2.90. The Morgan fingerprint density at radius 3 is 1.27 bits per heavy atom. The smallest absolute Gasteiger partial charge is 0.0830 e. The zero-order chi connectivity index (χ0) is 20.1. The minimum Gasteiger partial charge on any atom is -0.514 e. The van der Waals surface area contributed by atoms with Crippen LogP contribution in [0.15, 0.2) is 0 Å². The fraction of sp³-hybridized carbons (Fsp3) is 0.955. The maximum Gasteiger partial charge on any atom is 0.0830 e. The van der Waals surface area contributed by atoms with Gasteiger partial charge in [0.2, 0.25) is 0 Å². The molecule has 0 aromatic heterocycles. The summed E-state index contributed by atoms with van der Waals surface area (Å²) in [5.74, 6) is 0. The van der Waals surface area contributed by atoms with Crippen LogP contribution < -0.4 is 0 Å². The van der Waals surface area contributed by atoms with E-state index in [9.17, 15) is 0 Å². The normalized spacial score (nSPS) is 11.0. The highest BCUT2D eigenvalue weighted by Gasteiger charge is 2.04. The lowest BCUT2D eigenvalue weighted by Gasteiger charge is -2.23. The molecule has 0 bridgehead atoms. The monoisotopic (exact) mass is 405 g/mol. The van der Waals surface area contributed by atoms with Crippen LogP contribution in [0.25, 0.3) is 0 Å². The minimum absolute atomic E-state index is 0.206. The molecule has 0 aliphatic carbocycles. The van der Waals surface area contributed by atoms with Crippen LogP contribution in [0.1, 0.15) is 104 Å². The molecule has 4 heteroatoms. The number of quaternary nitrogens is 1. The van der Waals surface area contributed by atoms with Gasteiger partial charge < -0.3 is 34.1 Å². The van der Waals surface area contributed by atoms with Crippen molar-refractivity contribution in [2.45, 2.75) is 104 Å². The van der Waals surface area contributed by atoms with E-state index in [2.05, 4.69) is 57.7 Å². The van der Waals surface area contributed by atoms with Crippen LogP contribution in [0, 0.1) is 0 Å². The first-order valence-corrected chi connectivity index (χ1v) is 11.8. The molecule has 0 amide bonds. The number of unbranched alkanes of at least 4 members (excludes halogenated alkanes) is 13. The van der Waals surface area contributed by atoms with E-state index < -0.39 is 0 Å². The maximum absolute atomic E-state index is 4.59. The van der Waals surface area contributed by atoms with Gasteiger partial charge in [-0.25, -0.2) is 0 Å². The van der Waals surface area contributed by atoms with Crippen LogP contribution in [0.4, 0.5) is 0 Å². The van der Waals surface area contributed by atoms with Crippen LogP contribution >= 0.6 is 12.2 Å². The second-order valence-corrected chi connectivity index (χ2v) is 9.29. The zero-order valence-electron chi connectivity index (χ0n) is 18.5. The zero-order valence-corrected chi connectivity index (χ0v) is 20.1. The molecule has 0 fully saturated rings. The van der Waals surface area contributed by atoms with Crippen molar-refractivity contribution in [1.29, 1.82) is 0 Å². The Morgan fingerprint density at radius 2 is 1.04 bits per heavy atom. The predicted molar refractivity (Wildman–Crippen MR) is 125 cm³/mol. The number of nitrogens with zero attached hydrogens (tertiary/aromatic N) is 1. The molecule has 0 atom stereocenters. The lowest BCUT2D eigenvalue weighted by atomic mass is 10.0. The number of thiocarbonyl (C=S) groups is 1. The minimum atomic E-state index is 0.206. The van der Waals surface area contributed by atoms with E-state index in [1.165, 1.54) is 96.4 Å². The summed E-state index contributed by atoms with van der Waals surface area (Å²) >= 11 is 8.77. The molecule has 0 aliphatic heterocycles. The predicted octanol–water partition coefficient (Wildman–Crippen LogP) is 7.03. The summed E-state index contributed by atoms with van der Waals surface area (Å²) in [5, 5.41) is 0. The summed E-state index contributed by atoms with van der Waals surface area (Å²) in [6.45, 7) is 6.06.